The molecule has 21 nitrogen and oxygen atoms in total. The maximum Gasteiger partial charge on any atom is 0.224 e. The van der Waals surface area contributed by atoms with Gasteiger partial charge in [0.2, 0.25) is 5.79 Å². The summed E-state index contributed by atoms with van der Waals surface area (Å²) in [6.45, 7) is -4.05. The third-order valence-corrected chi connectivity index (χ3v) is 8.26. The van der Waals surface area contributed by atoms with Crippen molar-refractivity contribution in [3.8, 4) is 0 Å². The van der Waals surface area contributed by atoms with Crippen LogP contribution in [0.2, 0.25) is 0 Å². The van der Waals surface area contributed by atoms with Crippen LogP contribution in [0.5, 0.6) is 0 Å². The highest BCUT2D eigenvalue weighted by molar-refractivity contribution is 4.99. The van der Waals surface area contributed by atoms with Crippen LogP contribution in [0.4, 0.5) is 0 Å². The lowest BCUT2D eigenvalue weighted by Gasteiger charge is -2.43. The Morgan fingerprint density at radius 2 is 0.844 bits per heavy atom. The van der Waals surface area contributed by atoms with Gasteiger partial charge >= 0.3 is 0 Å². The number of hydrogen-bond acceptors (Lipinski definition) is 21. The second-order valence-electron chi connectivity index (χ2n) is 11.3. The Hall–Kier alpha value is -0.840. The zero-order valence-electron chi connectivity index (χ0n) is 23.5. The Bertz CT molecular complexity index is 929. The molecule has 0 aromatic carbocycles. The molecule has 0 aromatic heterocycles. The van der Waals surface area contributed by atoms with Crippen LogP contribution < -0.4 is 0 Å². The monoisotopic (exact) mass is 666 g/mol. The Morgan fingerprint density at radius 3 is 1.31 bits per heavy atom. The number of aliphatic hydroxyl groups is 14. The Kier molecular flexibility index (Phi) is 12.5. The fourth-order valence-corrected chi connectivity index (χ4v) is 5.40. The third kappa shape index (κ3) is 7.29. The first-order chi connectivity index (χ1) is 21.2. The van der Waals surface area contributed by atoms with Gasteiger partial charge in [-0.3, -0.25) is 0 Å². The largest absolute Gasteiger partial charge is 0.394 e. The summed E-state index contributed by atoms with van der Waals surface area (Å²) in [4.78, 5) is 0. The summed E-state index contributed by atoms with van der Waals surface area (Å²) in [5.74, 6) is -2.50. The molecule has 0 radical (unpaired) electrons. The minimum Gasteiger partial charge on any atom is -0.394 e. The van der Waals surface area contributed by atoms with Crippen LogP contribution in [0.3, 0.4) is 0 Å². The van der Waals surface area contributed by atoms with Gasteiger partial charge in [0, 0.05) is 0 Å². The molecule has 4 rings (SSSR count). The van der Waals surface area contributed by atoms with E-state index in [-0.39, 0.29) is 0 Å². The van der Waals surface area contributed by atoms with Crippen molar-refractivity contribution in [3.05, 3.63) is 0 Å². The van der Waals surface area contributed by atoms with Gasteiger partial charge in [-0.1, -0.05) is 0 Å². The van der Waals surface area contributed by atoms with Crippen LogP contribution in [-0.2, 0) is 33.2 Å². The summed E-state index contributed by atoms with van der Waals surface area (Å²) in [6, 6.07) is 0. The van der Waals surface area contributed by atoms with E-state index in [9.17, 15) is 71.5 Å². The first-order valence-corrected chi connectivity index (χ1v) is 14.1. The molecule has 0 spiro atoms. The minimum absolute atomic E-state index is 0.644. The molecule has 0 aliphatic carbocycles. The molecule has 4 fully saturated rings. The molecule has 0 amide bonds. The van der Waals surface area contributed by atoms with E-state index in [0.717, 1.165) is 0 Å². The van der Waals surface area contributed by atoms with Crippen molar-refractivity contribution in [1.82, 2.24) is 0 Å². The van der Waals surface area contributed by atoms with E-state index in [2.05, 4.69) is 0 Å². The van der Waals surface area contributed by atoms with Gasteiger partial charge in [-0.2, -0.15) is 0 Å². The second kappa shape index (κ2) is 15.1. The average Bonchev–Trinajstić information content (AvgIpc) is 3.27. The van der Waals surface area contributed by atoms with E-state index in [1.807, 2.05) is 0 Å². The Labute approximate surface area is 254 Å². The molecule has 14 N–H and O–H groups in total. The van der Waals surface area contributed by atoms with E-state index < -0.39 is 149 Å². The molecule has 264 valence electrons. The van der Waals surface area contributed by atoms with Crippen molar-refractivity contribution in [2.75, 3.05) is 33.0 Å². The highest BCUT2D eigenvalue weighted by atomic mass is 16.8. The normalized spacial score (nSPS) is 52.7. The smallest absolute Gasteiger partial charge is 0.224 e. The molecule has 4 aliphatic rings. The number of aliphatic hydroxyl groups excluding tert-OH is 14. The average molecular weight is 667 g/mol. The lowest BCUT2D eigenvalue weighted by molar-refractivity contribution is -0.385. The first kappa shape index (κ1) is 37.0. The summed E-state index contributed by atoms with van der Waals surface area (Å²) in [5.41, 5.74) is 0. The summed E-state index contributed by atoms with van der Waals surface area (Å²) >= 11 is 0. The first-order valence-electron chi connectivity index (χ1n) is 14.1. The van der Waals surface area contributed by atoms with Crippen LogP contribution in [0.25, 0.3) is 0 Å². The molecule has 4 heterocycles. The van der Waals surface area contributed by atoms with E-state index in [1.54, 1.807) is 0 Å². The number of ether oxygens (including phenoxy) is 7. The molecule has 4 saturated heterocycles. The van der Waals surface area contributed by atoms with Gasteiger partial charge in [-0.25, -0.2) is 0 Å². The van der Waals surface area contributed by atoms with Crippen LogP contribution in [0, 0.1) is 0 Å². The van der Waals surface area contributed by atoms with Crippen LogP contribution in [0.15, 0.2) is 0 Å². The van der Waals surface area contributed by atoms with Crippen molar-refractivity contribution in [3.63, 3.8) is 0 Å². The molecule has 21 heteroatoms. The molecule has 0 bridgehead atoms. The molecule has 45 heavy (non-hydrogen) atoms. The zero-order chi connectivity index (χ0) is 33.4. The zero-order valence-corrected chi connectivity index (χ0v) is 23.5. The van der Waals surface area contributed by atoms with Gasteiger partial charge in [0.25, 0.3) is 0 Å². The maximum absolute atomic E-state index is 10.7. The Morgan fingerprint density at radius 1 is 0.444 bits per heavy atom. The quantitative estimate of drug-likeness (QED) is 0.0973. The third-order valence-electron chi connectivity index (χ3n) is 8.26. The topological polar surface area (TPSA) is 348 Å². The Balaban J connectivity index is 1.37. The molecule has 19 atom stereocenters. The molecule has 4 aliphatic heterocycles. The summed E-state index contributed by atoms with van der Waals surface area (Å²) in [7, 11) is 0. The lowest BCUT2D eigenvalue weighted by atomic mass is 9.98. The van der Waals surface area contributed by atoms with E-state index in [1.165, 1.54) is 0 Å². The van der Waals surface area contributed by atoms with Gasteiger partial charge in [0.15, 0.2) is 18.9 Å². The van der Waals surface area contributed by atoms with E-state index >= 15 is 0 Å². The van der Waals surface area contributed by atoms with Crippen molar-refractivity contribution < 1.29 is 105 Å². The standard InChI is InChI=1S/C24H42O21/c25-1-6-10(28)14(32)17(35)21(41-6)39-3-8-12(30)16(34)18(36)22(43-8)40-4-9-13(31)20(38)24(5-27,44-9)45-23-19(37)15(33)11(29)7(2-26)42-23/h6-23,25-38H,1-5H2. The van der Waals surface area contributed by atoms with Crippen molar-refractivity contribution in [2.24, 2.45) is 0 Å². The van der Waals surface area contributed by atoms with Crippen molar-refractivity contribution >= 4 is 0 Å². The predicted molar refractivity (Wildman–Crippen MR) is 134 cm³/mol. The van der Waals surface area contributed by atoms with Crippen LogP contribution >= 0.6 is 0 Å². The van der Waals surface area contributed by atoms with Crippen LogP contribution in [-0.4, -0.2) is 221 Å². The fourth-order valence-electron chi connectivity index (χ4n) is 5.40. The SMILES string of the molecule is OCC1OC(OCC2OC(OCC3OC(CO)(OC4OC(CO)C(O)C(O)C4O)C(O)C3O)C(O)C(O)C2O)C(O)C(O)C1O. The van der Waals surface area contributed by atoms with E-state index in [0.29, 0.717) is 0 Å². The van der Waals surface area contributed by atoms with Gasteiger partial charge in [-0.15, -0.1) is 0 Å². The fraction of sp³-hybridized carbons (Fsp3) is 1.00. The highest BCUT2D eigenvalue weighted by Gasteiger charge is 2.59. The van der Waals surface area contributed by atoms with Crippen molar-refractivity contribution in [2.45, 2.75) is 116 Å². The van der Waals surface area contributed by atoms with Gasteiger partial charge in [-0.05, 0) is 0 Å². The summed E-state index contributed by atoms with van der Waals surface area (Å²) < 4.78 is 37.6. The predicted octanol–water partition coefficient (Wildman–Crippen LogP) is -9.75. The number of hydrogen-bond donors (Lipinski definition) is 14. The van der Waals surface area contributed by atoms with Gasteiger partial charge in [0.05, 0.1) is 26.4 Å². The highest BCUT2D eigenvalue weighted by Crippen LogP contribution is 2.37. The molecule has 19 unspecified atom stereocenters. The van der Waals surface area contributed by atoms with E-state index in [4.69, 9.17) is 33.2 Å². The van der Waals surface area contributed by atoms with Gasteiger partial charge < -0.3 is 105 Å². The van der Waals surface area contributed by atoms with Crippen molar-refractivity contribution in [1.29, 1.82) is 0 Å². The second-order valence-corrected chi connectivity index (χ2v) is 11.3. The maximum atomic E-state index is 10.7. The molecular formula is C24H42O21. The summed E-state index contributed by atoms with van der Waals surface area (Å²) in [6.07, 6.45) is -31.1. The lowest BCUT2D eigenvalue weighted by Crippen LogP contribution is -2.62. The summed E-state index contributed by atoms with van der Waals surface area (Å²) in [5, 5.41) is 141. The van der Waals surface area contributed by atoms with Crippen LogP contribution in [0.1, 0.15) is 0 Å². The molecular weight excluding hydrogens is 624 g/mol. The molecule has 0 saturated carbocycles. The molecule has 0 aromatic rings. The minimum atomic E-state index is -2.50. The van der Waals surface area contributed by atoms with Gasteiger partial charge in [0.1, 0.15) is 98.2 Å². The number of rotatable bonds is 11.